The number of benzene rings is 3. The molecule has 0 aliphatic carbocycles. The number of hydrogen-bond acceptors (Lipinski definition) is 4. The quantitative estimate of drug-likeness (QED) is 0.432. The Hall–Kier alpha value is -2.82. The molecule has 0 N–H and O–H groups in total. The number of hydrogen-bond donors (Lipinski definition) is 0. The Morgan fingerprint density at radius 3 is 1.81 bits per heavy atom. The van der Waals surface area contributed by atoms with Gasteiger partial charge in [-0.1, -0.05) is 60.7 Å². The van der Waals surface area contributed by atoms with Crippen LogP contribution in [0, 0.1) is 0 Å². The second-order valence-corrected chi connectivity index (χ2v) is 6.03. The van der Waals surface area contributed by atoms with Crippen LogP contribution in [-0.4, -0.2) is 28.1 Å². The fraction of sp³-hybridized carbons (Fsp3) is 0.217. The van der Waals surface area contributed by atoms with Crippen molar-refractivity contribution in [1.29, 1.82) is 0 Å². The van der Waals surface area contributed by atoms with Crippen LogP contribution in [0.1, 0.15) is 16.7 Å². The lowest BCUT2D eigenvalue weighted by Gasteiger charge is -2.35. The smallest absolute Gasteiger partial charge is 0.188 e. The van der Waals surface area contributed by atoms with Gasteiger partial charge in [0.2, 0.25) is 0 Å². The number of ether oxygens (including phenoxy) is 4. The summed E-state index contributed by atoms with van der Waals surface area (Å²) in [5, 5.41) is 0. The standard InChI is InChI=1S/C23H24O4/c1-24-17-27-22-15-14-20(25-2)16-21(22)23(26-3,18-10-6-4-7-11-18)19-12-8-5-9-13-19/h4-16H,17H2,1-3H3. The predicted molar refractivity (Wildman–Crippen MR) is 105 cm³/mol. The minimum atomic E-state index is -0.861. The van der Waals surface area contributed by atoms with Crippen LogP contribution in [0.3, 0.4) is 0 Å². The Labute approximate surface area is 160 Å². The van der Waals surface area contributed by atoms with Crippen LogP contribution in [0.2, 0.25) is 0 Å². The predicted octanol–water partition coefficient (Wildman–Crippen LogP) is 4.62. The molecule has 0 atom stereocenters. The van der Waals surface area contributed by atoms with E-state index in [-0.39, 0.29) is 6.79 Å². The summed E-state index contributed by atoms with van der Waals surface area (Å²) < 4.78 is 22.7. The molecule has 4 nitrogen and oxygen atoms in total. The van der Waals surface area contributed by atoms with Gasteiger partial charge in [-0.05, 0) is 29.3 Å². The van der Waals surface area contributed by atoms with Gasteiger partial charge in [0.05, 0.1) is 7.11 Å². The molecule has 0 saturated carbocycles. The van der Waals surface area contributed by atoms with Crippen molar-refractivity contribution in [3.05, 3.63) is 95.6 Å². The zero-order valence-corrected chi connectivity index (χ0v) is 15.8. The van der Waals surface area contributed by atoms with Gasteiger partial charge in [-0.15, -0.1) is 0 Å². The molecule has 4 heteroatoms. The summed E-state index contributed by atoms with van der Waals surface area (Å²) in [5.74, 6) is 1.40. The maximum atomic E-state index is 6.24. The van der Waals surface area contributed by atoms with Gasteiger partial charge in [0.25, 0.3) is 0 Å². The lowest BCUT2D eigenvalue weighted by atomic mass is 9.79. The van der Waals surface area contributed by atoms with Crippen LogP contribution in [-0.2, 0) is 15.1 Å². The maximum absolute atomic E-state index is 6.24. The van der Waals surface area contributed by atoms with Crippen LogP contribution in [0.25, 0.3) is 0 Å². The average Bonchev–Trinajstić information content (AvgIpc) is 2.75. The summed E-state index contributed by atoms with van der Waals surface area (Å²) in [6.07, 6.45) is 0. The van der Waals surface area contributed by atoms with Gasteiger partial charge < -0.3 is 18.9 Å². The average molecular weight is 364 g/mol. The Kier molecular flexibility index (Phi) is 6.12. The lowest BCUT2D eigenvalue weighted by molar-refractivity contribution is 0.0348. The van der Waals surface area contributed by atoms with Crippen molar-refractivity contribution >= 4 is 0 Å². The van der Waals surface area contributed by atoms with Gasteiger partial charge >= 0.3 is 0 Å². The molecule has 0 bridgehead atoms. The highest BCUT2D eigenvalue weighted by Crippen LogP contribution is 2.45. The highest BCUT2D eigenvalue weighted by atomic mass is 16.7. The number of methoxy groups -OCH3 is 3. The zero-order valence-electron chi connectivity index (χ0n) is 15.8. The molecule has 0 spiro atoms. The monoisotopic (exact) mass is 364 g/mol. The fourth-order valence-electron chi connectivity index (χ4n) is 3.33. The normalized spacial score (nSPS) is 11.2. The lowest BCUT2D eigenvalue weighted by Crippen LogP contribution is -2.32. The first-order valence-electron chi connectivity index (χ1n) is 8.72. The molecule has 0 aliphatic rings. The van der Waals surface area contributed by atoms with Crippen molar-refractivity contribution in [3.8, 4) is 11.5 Å². The second-order valence-electron chi connectivity index (χ2n) is 6.03. The van der Waals surface area contributed by atoms with Crippen molar-refractivity contribution in [2.24, 2.45) is 0 Å². The Balaban J connectivity index is 2.31. The molecule has 140 valence electrons. The maximum Gasteiger partial charge on any atom is 0.188 e. The van der Waals surface area contributed by atoms with Gasteiger partial charge in [0.15, 0.2) is 6.79 Å². The molecule has 0 heterocycles. The van der Waals surface area contributed by atoms with Gasteiger partial charge in [0.1, 0.15) is 17.1 Å². The highest BCUT2D eigenvalue weighted by molar-refractivity contribution is 5.55. The first-order chi connectivity index (χ1) is 13.3. The summed E-state index contributed by atoms with van der Waals surface area (Å²) in [4.78, 5) is 0. The first kappa shape index (κ1) is 19.0. The molecule has 3 rings (SSSR count). The molecule has 0 saturated heterocycles. The van der Waals surface area contributed by atoms with Crippen molar-refractivity contribution in [2.75, 3.05) is 28.1 Å². The molecule has 3 aromatic rings. The summed E-state index contributed by atoms with van der Waals surface area (Å²) in [6.45, 7) is 0.142. The molecule has 0 radical (unpaired) electrons. The van der Waals surface area contributed by atoms with Crippen LogP contribution >= 0.6 is 0 Å². The first-order valence-corrected chi connectivity index (χ1v) is 8.72. The van der Waals surface area contributed by atoms with E-state index in [1.165, 1.54) is 0 Å². The molecule has 27 heavy (non-hydrogen) atoms. The van der Waals surface area contributed by atoms with Crippen molar-refractivity contribution in [2.45, 2.75) is 5.60 Å². The summed E-state index contributed by atoms with van der Waals surface area (Å²) in [5.41, 5.74) is 1.97. The third kappa shape index (κ3) is 3.68. The van der Waals surface area contributed by atoms with Gasteiger partial charge in [-0.25, -0.2) is 0 Å². The third-order valence-corrected chi connectivity index (χ3v) is 4.57. The Bertz CT molecular complexity index is 807. The van der Waals surface area contributed by atoms with E-state index in [0.29, 0.717) is 5.75 Å². The van der Waals surface area contributed by atoms with E-state index in [9.17, 15) is 0 Å². The molecular formula is C23H24O4. The molecule has 0 unspecified atom stereocenters. The van der Waals surface area contributed by atoms with E-state index in [1.807, 2.05) is 54.6 Å². The minimum Gasteiger partial charge on any atom is -0.497 e. The van der Waals surface area contributed by atoms with Gasteiger partial charge in [-0.3, -0.25) is 0 Å². The van der Waals surface area contributed by atoms with E-state index >= 15 is 0 Å². The number of rotatable bonds is 8. The molecular weight excluding hydrogens is 340 g/mol. The van der Waals surface area contributed by atoms with Crippen LogP contribution < -0.4 is 9.47 Å². The van der Waals surface area contributed by atoms with Gasteiger partial charge in [-0.2, -0.15) is 0 Å². The second kappa shape index (κ2) is 8.71. The van der Waals surface area contributed by atoms with E-state index < -0.39 is 5.60 Å². The Morgan fingerprint density at radius 2 is 1.33 bits per heavy atom. The molecule has 0 fully saturated rings. The Morgan fingerprint density at radius 1 is 0.741 bits per heavy atom. The van der Waals surface area contributed by atoms with E-state index in [0.717, 1.165) is 22.4 Å². The largest absolute Gasteiger partial charge is 0.497 e. The van der Waals surface area contributed by atoms with E-state index in [1.54, 1.807) is 21.3 Å². The van der Waals surface area contributed by atoms with Gasteiger partial charge in [0, 0.05) is 19.8 Å². The zero-order chi connectivity index (χ0) is 19.1. The van der Waals surface area contributed by atoms with Crippen LogP contribution in [0.4, 0.5) is 0 Å². The molecule has 3 aromatic carbocycles. The summed E-state index contributed by atoms with van der Waals surface area (Å²) >= 11 is 0. The third-order valence-electron chi connectivity index (χ3n) is 4.57. The van der Waals surface area contributed by atoms with Crippen LogP contribution in [0.15, 0.2) is 78.9 Å². The highest BCUT2D eigenvalue weighted by Gasteiger charge is 2.39. The fourth-order valence-corrected chi connectivity index (χ4v) is 3.33. The topological polar surface area (TPSA) is 36.9 Å². The minimum absolute atomic E-state index is 0.142. The summed E-state index contributed by atoms with van der Waals surface area (Å²) in [6, 6.07) is 25.9. The van der Waals surface area contributed by atoms with E-state index in [4.69, 9.17) is 18.9 Å². The molecule has 0 aromatic heterocycles. The molecule has 0 amide bonds. The van der Waals surface area contributed by atoms with E-state index in [2.05, 4.69) is 24.3 Å². The van der Waals surface area contributed by atoms with Crippen molar-refractivity contribution < 1.29 is 18.9 Å². The van der Waals surface area contributed by atoms with Crippen molar-refractivity contribution in [3.63, 3.8) is 0 Å². The molecule has 0 aliphatic heterocycles. The van der Waals surface area contributed by atoms with Crippen molar-refractivity contribution in [1.82, 2.24) is 0 Å². The SMILES string of the molecule is COCOc1ccc(OC)cc1C(OC)(c1ccccc1)c1ccccc1. The summed E-state index contributed by atoms with van der Waals surface area (Å²) in [7, 11) is 4.95. The van der Waals surface area contributed by atoms with Crippen LogP contribution in [0.5, 0.6) is 11.5 Å².